The predicted octanol–water partition coefficient (Wildman–Crippen LogP) is 7.50. The number of carbonyl (C=O) groups excluding carboxylic acids is 3. The van der Waals surface area contributed by atoms with Crippen LogP contribution in [-0.2, 0) is 19.1 Å². The average molecular weight is 495 g/mol. The van der Waals surface area contributed by atoms with E-state index < -0.39 is 22.2 Å². The van der Waals surface area contributed by atoms with Crippen LogP contribution >= 0.6 is 0 Å². The lowest BCUT2D eigenvalue weighted by Gasteiger charge is -2.60. The van der Waals surface area contributed by atoms with Gasteiger partial charge in [-0.3, -0.25) is 14.4 Å². The van der Waals surface area contributed by atoms with Gasteiger partial charge in [-0.25, -0.2) is 0 Å². The Balaban J connectivity index is 2.38. The average Bonchev–Trinajstić information content (AvgIpc) is 3.19. The summed E-state index contributed by atoms with van der Waals surface area (Å²) in [6.45, 7) is 18.4. The van der Waals surface area contributed by atoms with Gasteiger partial charge in [-0.15, -0.1) is 0 Å². The van der Waals surface area contributed by atoms with E-state index in [0.717, 1.165) is 18.4 Å². The second-order valence-electron chi connectivity index (χ2n) is 12.6. The van der Waals surface area contributed by atoms with Crippen molar-refractivity contribution in [3.8, 4) is 0 Å². The van der Waals surface area contributed by atoms with Gasteiger partial charge in [0.05, 0.1) is 12.0 Å². The monoisotopic (exact) mass is 494 g/mol. The molecular weight excluding hydrogens is 448 g/mol. The summed E-state index contributed by atoms with van der Waals surface area (Å²) in [6, 6.07) is 0. The molecule has 3 aliphatic rings. The molecule has 4 heteroatoms. The molecule has 1 unspecified atom stereocenters. The van der Waals surface area contributed by atoms with Crippen molar-refractivity contribution < 1.29 is 19.1 Å². The number of rotatable bonds is 9. The minimum Gasteiger partial charge on any atom is -0.496 e. The Kier molecular flexibility index (Phi) is 8.08. The molecule has 36 heavy (non-hydrogen) atoms. The van der Waals surface area contributed by atoms with E-state index in [0.29, 0.717) is 43.6 Å². The predicted molar refractivity (Wildman–Crippen MR) is 145 cm³/mol. The number of ketones is 3. The maximum atomic E-state index is 14.8. The standard InChI is InChI=1S/C32H46O4/c1-20(2)11-10-16-30(9)24(14-12-21(3)4)19-31-17-18-36-28(31)25(15-13-22(5)6)27(34)32(30,29(31)35)26(33)23(7)8/h11-13,23-24H,10,14-19H2,1-9H3/t24-,30+,31?,32-/m0/s1. The number of ether oxygens (including phenoxy) is 1. The van der Waals surface area contributed by atoms with Crippen molar-refractivity contribution >= 4 is 17.3 Å². The number of fused-ring (bicyclic) bond motifs is 1. The molecule has 0 radical (unpaired) electrons. The van der Waals surface area contributed by atoms with Gasteiger partial charge in [0.2, 0.25) is 0 Å². The molecule has 4 atom stereocenters. The third-order valence-corrected chi connectivity index (χ3v) is 8.86. The Morgan fingerprint density at radius 3 is 2.17 bits per heavy atom. The smallest absolute Gasteiger partial charge is 0.184 e. The van der Waals surface area contributed by atoms with Gasteiger partial charge < -0.3 is 4.74 Å². The fourth-order valence-electron chi connectivity index (χ4n) is 6.92. The highest BCUT2D eigenvalue weighted by Crippen LogP contribution is 2.69. The molecule has 0 aromatic rings. The van der Waals surface area contributed by atoms with E-state index in [-0.39, 0.29) is 23.3 Å². The minimum atomic E-state index is -1.67. The molecule has 1 heterocycles. The SMILES string of the molecule is CC(C)=CCC[C@]1(C)[C@@H](CC=C(C)C)CC23CCOC2=C(CC=C(C)C)C(=O)[C@@]1(C(=O)C(C)C)C3=O. The van der Waals surface area contributed by atoms with Gasteiger partial charge >= 0.3 is 0 Å². The molecule has 0 amide bonds. The topological polar surface area (TPSA) is 60.4 Å². The molecule has 2 aliphatic carbocycles. The first-order valence-corrected chi connectivity index (χ1v) is 13.7. The van der Waals surface area contributed by atoms with Crippen LogP contribution in [0.25, 0.3) is 0 Å². The maximum Gasteiger partial charge on any atom is 0.184 e. The summed E-state index contributed by atoms with van der Waals surface area (Å²) >= 11 is 0. The van der Waals surface area contributed by atoms with Crippen molar-refractivity contribution in [2.24, 2.45) is 28.1 Å². The Morgan fingerprint density at radius 2 is 1.61 bits per heavy atom. The van der Waals surface area contributed by atoms with Gasteiger partial charge in [0.1, 0.15) is 5.76 Å². The van der Waals surface area contributed by atoms with Crippen LogP contribution in [0.15, 0.2) is 46.3 Å². The van der Waals surface area contributed by atoms with E-state index in [9.17, 15) is 14.4 Å². The Morgan fingerprint density at radius 1 is 1.00 bits per heavy atom. The summed E-state index contributed by atoms with van der Waals surface area (Å²) in [4.78, 5) is 43.9. The molecule has 1 aliphatic heterocycles. The van der Waals surface area contributed by atoms with E-state index in [1.54, 1.807) is 0 Å². The Labute approximate surface area is 218 Å². The summed E-state index contributed by atoms with van der Waals surface area (Å²) < 4.78 is 6.13. The molecule has 0 aromatic carbocycles. The zero-order chi connectivity index (χ0) is 27.1. The lowest BCUT2D eigenvalue weighted by molar-refractivity contribution is -0.178. The Bertz CT molecular complexity index is 1060. The van der Waals surface area contributed by atoms with Crippen molar-refractivity contribution in [2.45, 2.75) is 101 Å². The van der Waals surface area contributed by atoms with E-state index in [2.05, 4.69) is 46.8 Å². The summed E-state index contributed by atoms with van der Waals surface area (Å²) in [6.07, 6.45) is 10.1. The zero-order valence-corrected chi connectivity index (χ0v) is 24.0. The summed E-state index contributed by atoms with van der Waals surface area (Å²) in [5.41, 5.74) is 0.734. The molecule has 1 saturated carbocycles. The van der Waals surface area contributed by atoms with Gasteiger partial charge in [-0.05, 0) is 85.0 Å². The third-order valence-electron chi connectivity index (χ3n) is 8.86. The van der Waals surface area contributed by atoms with Crippen LogP contribution in [0.2, 0.25) is 0 Å². The van der Waals surface area contributed by atoms with Crippen molar-refractivity contribution in [2.75, 3.05) is 6.61 Å². The quantitative estimate of drug-likeness (QED) is 0.246. The largest absolute Gasteiger partial charge is 0.496 e. The van der Waals surface area contributed by atoms with Gasteiger partial charge in [0.15, 0.2) is 22.8 Å². The molecule has 4 nitrogen and oxygen atoms in total. The minimum absolute atomic E-state index is 0.0176. The fraction of sp³-hybridized carbons (Fsp3) is 0.656. The van der Waals surface area contributed by atoms with Gasteiger partial charge in [-0.1, -0.05) is 55.7 Å². The highest BCUT2D eigenvalue weighted by Gasteiger charge is 2.77. The molecule has 2 fully saturated rings. The second kappa shape index (κ2) is 10.3. The molecule has 3 rings (SSSR count). The molecule has 0 aromatic heterocycles. The molecule has 198 valence electrons. The Hall–Kier alpha value is -2.23. The van der Waals surface area contributed by atoms with Gasteiger partial charge in [0.25, 0.3) is 0 Å². The third kappa shape index (κ3) is 4.29. The first kappa shape index (κ1) is 28.3. The summed E-state index contributed by atoms with van der Waals surface area (Å²) in [7, 11) is 0. The fourth-order valence-corrected chi connectivity index (χ4v) is 6.92. The van der Waals surface area contributed by atoms with E-state index in [4.69, 9.17) is 4.74 Å². The molecule has 0 N–H and O–H groups in total. The number of allylic oxidation sites excluding steroid dienone is 8. The van der Waals surface area contributed by atoms with Crippen molar-refractivity contribution in [3.05, 3.63) is 46.3 Å². The van der Waals surface area contributed by atoms with Crippen molar-refractivity contribution in [3.63, 3.8) is 0 Å². The maximum absolute atomic E-state index is 14.8. The number of Topliss-reactive ketones (excluding diaryl/α,β-unsaturated/α-hetero) is 3. The van der Waals surface area contributed by atoms with Gasteiger partial charge in [0, 0.05) is 17.9 Å². The van der Waals surface area contributed by atoms with Crippen LogP contribution in [0.3, 0.4) is 0 Å². The van der Waals surface area contributed by atoms with Crippen LogP contribution in [0.5, 0.6) is 0 Å². The lowest BCUT2D eigenvalue weighted by Crippen LogP contribution is -2.70. The first-order valence-electron chi connectivity index (χ1n) is 13.7. The van der Waals surface area contributed by atoms with Crippen LogP contribution in [0.4, 0.5) is 0 Å². The van der Waals surface area contributed by atoms with E-state index in [1.165, 1.54) is 11.1 Å². The first-order chi connectivity index (χ1) is 16.8. The van der Waals surface area contributed by atoms with E-state index in [1.807, 2.05) is 33.8 Å². The molecule has 2 bridgehead atoms. The van der Waals surface area contributed by atoms with Crippen LogP contribution in [0.1, 0.15) is 101 Å². The summed E-state index contributed by atoms with van der Waals surface area (Å²) in [5.74, 6) is -0.523. The number of carbonyl (C=O) groups is 3. The molecule has 1 saturated heterocycles. The van der Waals surface area contributed by atoms with Gasteiger partial charge in [-0.2, -0.15) is 0 Å². The van der Waals surface area contributed by atoms with Crippen LogP contribution < -0.4 is 0 Å². The van der Waals surface area contributed by atoms with E-state index >= 15 is 0 Å². The number of hydrogen-bond donors (Lipinski definition) is 0. The highest BCUT2D eigenvalue weighted by molar-refractivity contribution is 6.33. The molecule has 1 spiro atoms. The van der Waals surface area contributed by atoms with Crippen LogP contribution in [0, 0.1) is 28.1 Å². The molecular formula is C32H46O4. The lowest BCUT2D eigenvalue weighted by atomic mass is 9.38. The van der Waals surface area contributed by atoms with Crippen molar-refractivity contribution in [1.29, 1.82) is 0 Å². The number of hydrogen-bond acceptors (Lipinski definition) is 4. The summed E-state index contributed by atoms with van der Waals surface area (Å²) in [5, 5.41) is 0. The second-order valence-corrected chi connectivity index (χ2v) is 12.6. The zero-order valence-electron chi connectivity index (χ0n) is 24.0. The van der Waals surface area contributed by atoms with Crippen LogP contribution in [-0.4, -0.2) is 24.0 Å². The van der Waals surface area contributed by atoms with Crippen molar-refractivity contribution in [1.82, 2.24) is 0 Å². The highest BCUT2D eigenvalue weighted by atomic mass is 16.5. The normalized spacial score (nSPS) is 31.1.